The summed E-state index contributed by atoms with van der Waals surface area (Å²) in [4.78, 5) is 0. The summed E-state index contributed by atoms with van der Waals surface area (Å²) in [5.74, 6) is 0. The Hall–Kier alpha value is -0.620. The van der Waals surface area contributed by atoms with Crippen LogP contribution in [0.5, 0.6) is 0 Å². The molecule has 0 N–H and O–H groups in total. The zero-order valence-electron chi connectivity index (χ0n) is 30.0. The third kappa shape index (κ3) is 43.4. The van der Waals surface area contributed by atoms with Gasteiger partial charge in [-0.3, -0.25) is 0 Å². The van der Waals surface area contributed by atoms with Crippen LogP contribution in [0.25, 0.3) is 0 Å². The number of ether oxygens (including phenoxy) is 9. The van der Waals surface area contributed by atoms with E-state index in [4.69, 9.17) is 42.6 Å². The van der Waals surface area contributed by atoms with E-state index in [9.17, 15) is 0 Å². The first-order chi connectivity index (χ1) is 22.9. The number of rotatable bonds is 43. The highest BCUT2D eigenvalue weighted by atomic mass is 16.6. The van der Waals surface area contributed by atoms with Gasteiger partial charge in [-0.25, -0.2) is 0 Å². The zero-order valence-corrected chi connectivity index (χ0v) is 30.0. The van der Waals surface area contributed by atoms with Crippen LogP contribution in [0.4, 0.5) is 0 Å². The zero-order chi connectivity index (χ0) is 33.1. The van der Waals surface area contributed by atoms with Gasteiger partial charge in [0.25, 0.3) is 0 Å². The van der Waals surface area contributed by atoms with Gasteiger partial charge in [0.05, 0.1) is 112 Å². The molecular formula is C37H74O9. The molecule has 0 atom stereocenters. The van der Waals surface area contributed by atoms with Crippen molar-refractivity contribution in [3.05, 3.63) is 12.7 Å². The van der Waals surface area contributed by atoms with E-state index in [0.717, 1.165) is 13.0 Å². The average Bonchev–Trinajstić information content (AvgIpc) is 3.07. The standard InChI is InChI=1S/C37H74O9/c1-3-5-6-7-8-9-10-11-12-13-14-15-16-17-18-19-21-39-23-25-41-27-29-43-31-33-45-35-37-46-36-34-44-32-30-42-28-26-40-24-22-38-20-4-2/h4H,2-3,5-37H2,1H3. The molecule has 0 aliphatic carbocycles. The second-order valence-electron chi connectivity index (χ2n) is 11.6. The highest BCUT2D eigenvalue weighted by Crippen LogP contribution is 2.13. The van der Waals surface area contributed by atoms with E-state index in [0.29, 0.717) is 112 Å². The maximum atomic E-state index is 5.68. The number of unbranched alkanes of at least 4 members (excludes halogenated alkanes) is 15. The van der Waals surface area contributed by atoms with Gasteiger partial charge in [-0.15, -0.1) is 6.58 Å². The summed E-state index contributed by atoms with van der Waals surface area (Å²) in [5, 5.41) is 0. The first-order valence-electron chi connectivity index (χ1n) is 18.7. The normalized spacial score (nSPS) is 11.5. The fourth-order valence-electron chi connectivity index (χ4n) is 4.68. The van der Waals surface area contributed by atoms with Crippen LogP contribution in [0.3, 0.4) is 0 Å². The van der Waals surface area contributed by atoms with E-state index < -0.39 is 0 Å². The molecule has 0 saturated heterocycles. The van der Waals surface area contributed by atoms with E-state index in [1.165, 1.54) is 96.3 Å². The topological polar surface area (TPSA) is 83.1 Å². The van der Waals surface area contributed by atoms with E-state index in [2.05, 4.69) is 13.5 Å². The molecule has 0 fully saturated rings. The SMILES string of the molecule is C=CCOCCOCCOCCOCCOCCOCCOCCOCCOCCCCCCCCCCCCCCCCCC. The fourth-order valence-corrected chi connectivity index (χ4v) is 4.68. The van der Waals surface area contributed by atoms with Crippen molar-refractivity contribution in [3.63, 3.8) is 0 Å². The summed E-state index contributed by atoms with van der Waals surface area (Å²) in [6, 6.07) is 0. The molecule has 0 radical (unpaired) electrons. The Morgan fingerprint density at radius 3 is 0.761 bits per heavy atom. The second-order valence-corrected chi connectivity index (χ2v) is 11.6. The lowest BCUT2D eigenvalue weighted by Gasteiger charge is -2.09. The summed E-state index contributed by atoms with van der Waals surface area (Å²) in [5.41, 5.74) is 0. The molecule has 0 unspecified atom stereocenters. The Labute approximate surface area is 283 Å². The van der Waals surface area contributed by atoms with E-state index in [1.807, 2.05) is 0 Å². The molecule has 0 amide bonds. The van der Waals surface area contributed by atoms with Crippen molar-refractivity contribution in [2.45, 2.75) is 110 Å². The van der Waals surface area contributed by atoms with E-state index >= 15 is 0 Å². The van der Waals surface area contributed by atoms with Gasteiger partial charge in [0.15, 0.2) is 0 Å². The van der Waals surface area contributed by atoms with E-state index in [1.54, 1.807) is 6.08 Å². The summed E-state index contributed by atoms with van der Waals surface area (Å²) >= 11 is 0. The molecule has 46 heavy (non-hydrogen) atoms. The van der Waals surface area contributed by atoms with Crippen molar-refractivity contribution >= 4 is 0 Å². The molecule has 9 heteroatoms. The molecule has 0 aliphatic rings. The van der Waals surface area contributed by atoms with Gasteiger partial charge in [0, 0.05) is 6.61 Å². The summed E-state index contributed by atoms with van der Waals surface area (Å²) in [6.07, 6.45) is 24.0. The minimum absolute atomic E-state index is 0.536. The Balaban J connectivity index is 3.03. The average molecular weight is 663 g/mol. The molecule has 0 aliphatic heterocycles. The van der Waals surface area contributed by atoms with Crippen LogP contribution in [0.2, 0.25) is 0 Å². The van der Waals surface area contributed by atoms with Crippen LogP contribution in [0.1, 0.15) is 110 Å². The van der Waals surface area contributed by atoms with Crippen LogP contribution in [-0.4, -0.2) is 119 Å². The van der Waals surface area contributed by atoms with E-state index in [-0.39, 0.29) is 0 Å². The van der Waals surface area contributed by atoms with Crippen LogP contribution in [0.15, 0.2) is 12.7 Å². The van der Waals surface area contributed by atoms with Gasteiger partial charge in [0.1, 0.15) is 0 Å². The second kappa shape index (κ2) is 44.4. The van der Waals surface area contributed by atoms with Gasteiger partial charge >= 0.3 is 0 Å². The first kappa shape index (κ1) is 45.4. The highest BCUT2D eigenvalue weighted by Gasteiger charge is 1.97. The van der Waals surface area contributed by atoms with Crippen molar-refractivity contribution < 1.29 is 42.6 Å². The van der Waals surface area contributed by atoms with Gasteiger partial charge in [-0.1, -0.05) is 109 Å². The molecule has 0 spiro atoms. The Bertz CT molecular complexity index is 539. The maximum Gasteiger partial charge on any atom is 0.0704 e. The molecule has 0 saturated carbocycles. The Morgan fingerprint density at radius 2 is 0.500 bits per heavy atom. The summed E-state index contributed by atoms with van der Waals surface area (Å²) in [7, 11) is 0. The molecule has 0 rings (SSSR count). The fraction of sp³-hybridized carbons (Fsp3) is 0.946. The Kier molecular flexibility index (Phi) is 43.8. The monoisotopic (exact) mass is 663 g/mol. The number of hydrogen-bond acceptors (Lipinski definition) is 9. The molecule has 276 valence electrons. The van der Waals surface area contributed by atoms with Crippen LogP contribution >= 0.6 is 0 Å². The van der Waals surface area contributed by atoms with Gasteiger partial charge in [-0.2, -0.15) is 0 Å². The smallest absolute Gasteiger partial charge is 0.0704 e. The van der Waals surface area contributed by atoms with Crippen molar-refractivity contribution in [1.82, 2.24) is 0 Å². The third-order valence-electron chi connectivity index (χ3n) is 7.35. The van der Waals surface area contributed by atoms with Crippen LogP contribution < -0.4 is 0 Å². The summed E-state index contributed by atoms with van der Waals surface area (Å²) in [6.45, 7) is 16.2. The molecule has 0 aromatic carbocycles. The van der Waals surface area contributed by atoms with Crippen molar-refractivity contribution in [2.75, 3.05) is 119 Å². The molecule has 0 aromatic rings. The molecule has 0 heterocycles. The third-order valence-corrected chi connectivity index (χ3v) is 7.35. The predicted octanol–water partition coefficient (Wildman–Crippen LogP) is 7.58. The van der Waals surface area contributed by atoms with Crippen molar-refractivity contribution in [2.24, 2.45) is 0 Å². The molecule has 9 nitrogen and oxygen atoms in total. The van der Waals surface area contributed by atoms with Crippen LogP contribution in [0, 0.1) is 0 Å². The first-order valence-corrected chi connectivity index (χ1v) is 18.7. The lowest BCUT2D eigenvalue weighted by atomic mass is 10.0. The summed E-state index contributed by atoms with van der Waals surface area (Å²) < 4.78 is 49.3. The quantitative estimate of drug-likeness (QED) is 0.0485. The predicted molar refractivity (Wildman–Crippen MR) is 187 cm³/mol. The maximum absolute atomic E-state index is 5.68. The molecular weight excluding hydrogens is 588 g/mol. The van der Waals surface area contributed by atoms with Crippen molar-refractivity contribution in [3.8, 4) is 0 Å². The van der Waals surface area contributed by atoms with Gasteiger partial charge < -0.3 is 42.6 Å². The van der Waals surface area contributed by atoms with Gasteiger partial charge in [0.2, 0.25) is 0 Å². The minimum Gasteiger partial charge on any atom is -0.379 e. The van der Waals surface area contributed by atoms with Crippen LogP contribution in [-0.2, 0) is 42.6 Å². The lowest BCUT2D eigenvalue weighted by molar-refractivity contribution is -0.0246. The molecule has 0 aromatic heterocycles. The van der Waals surface area contributed by atoms with Crippen molar-refractivity contribution in [1.29, 1.82) is 0 Å². The van der Waals surface area contributed by atoms with Gasteiger partial charge in [-0.05, 0) is 6.42 Å². The largest absolute Gasteiger partial charge is 0.379 e. The minimum atomic E-state index is 0.536. The highest BCUT2D eigenvalue weighted by molar-refractivity contribution is 4.63. The Morgan fingerprint density at radius 1 is 0.283 bits per heavy atom. The lowest BCUT2D eigenvalue weighted by Crippen LogP contribution is -2.15. The molecule has 0 bridgehead atoms. The number of hydrogen-bond donors (Lipinski definition) is 0.